The second kappa shape index (κ2) is 10.1. The van der Waals surface area contributed by atoms with E-state index in [1.807, 2.05) is 49.4 Å². The number of carbonyl (C=O) groups is 1. The molecule has 0 unspecified atom stereocenters. The van der Waals surface area contributed by atoms with Crippen LogP contribution in [0.25, 0.3) is 5.69 Å². The van der Waals surface area contributed by atoms with Crippen molar-refractivity contribution in [2.45, 2.75) is 19.1 Å². The molecule has 5 nitrogen and oxygen atoms in total. The van der Waals surface area contributed by atoms with E-state index in [2.05, 4.69) is 10.1 Å². The van der Waals surface area contributed by atoms with Crippen molar-refractivity contribution in [2.24, 2.45) is 4.99 Å². The van der Waals surface area contributed by atoms with E-state index in [0.717, 1.165) is 29.4 Å². The van der Waals surface area contributed by atoms with Crippen molar-refractivity contribution in [2.75, 3.05) is 6.61 Å². The first-order chi connectivity index (χ1) is 13.7. The average Bonchev–Trinajstić information content (AvgIpc) is 2.72. The molecule has 0 atom stereocenters. The lowest BCUT2D eigenvalue weighted by Crippen LogP contribution is -2.15. The molecule has 1 heterocycles. The van der Waals surface area contributed by atoms with Gasteiger partial charge in [0, 0.05) is 16.8 Å². The van der Waals surface area contributed by atoms with Gasteiger partial charge in [0.1, 0.15) is 0 Å². The lowest BCUT2D eigenvalue weighted by Gasteiger charge is -2.12. The number of halogens is 1. The molecule has 28 heavy (non-hydrogen) atoms. The summed E-state index contributed by atoms with van der Waals surface area (Å²) >= 11 is 7.01. The number of amides is 1. The third kappa shape index (κ3) is 5.71. The number of aromatic nitrogens is 2. The molecule has 1 aromatic heterocycles. The van der Waals surface area contributed by atoms with Crippen LogP contribution in [0.4, 0.5) is 4.79 Å². The molecule has 0 radical (unpaired) electrons. The van der Waals surface area contributed by atoms with Gasteiger partial charge in [0.2, 0.25) is 5.88 Å². The summed E-state index contributed by atoms with van der Waals surface area (Å²) < 4.78 is 7.51. The Morgan fingerprint density at radius 2 is 1.93 bits per heavy atom. The first-order valence-electron chi connectivity index (χ1n) is 8.89. The molecule has 2 aromatic carbocycles. The summed E-state index contributed by atoms with van der Waals surface area (Å²) in [6.45, 7) is 2.59. The second-order valence-corrected chi connectivity index (χ2v) is 7.30. The molecule has 144 valence electrons. The van der Waals surface area contributed by atoms with Gasteiger partial charge >= 0.3 is 5.24 Å². The molecule has 1 amide bonds. The molecule has 0 N–H and O–H groups in total. The summed E-state index contributed by atoms with van der Waals surface area (Å²) in [6.07, 6.45) is 2.43. The smallest absolute Gasteiger partial charge is 0.305 e. The fourth-order valence-corrected chi connectivity index (χ4v) is 3.17. The highest BCUT2D eigenvalue weighted by Crippen LogP contribution is 2.17. The van der Waals surface area contributed by atoms with Crippen LogP contribution in [0.15, 0.2) is 71.9 Å². The SMILES string of the molecule is CCCOc1cc(=NC(=O)SCc2ccc(Cl)cc2)cnn1-c1ccccc1. The standard InChI is InChI=1S/C21H20ClN3O2S/c1-2-12-27-20-13-18(14-23-25(20)19-6-4-3-5-7-19)24-21(26)28-15-16-8-10-17(22)11-9-16/h3-11,13-14H,2,12,15H2,1H3. The van der Waals surface area contributed by atoms with Gasteiger partial charge in [0.15, 0.2) is 0 Å². The predicted molar refractivity (Wildman–Crippen MR) is 113 cm³/mol. The highest BCUT2D eigenvalue weighted by atomic mass is 35.5. The predicted octanol–water partition coefficient (Wildman–Crippen LogP) is 5.27. The van der Waals surface area contributed by atoms with E-state index in [1.165, 1.54) is 0 Å². The topological polar surface area (TPSA) is 56.5 Å². The quantitative estimate of drug-likeness (QED) is 0.552. The number of thioether (sulfide) groups is 1. The largest absolute Gasteiger partial charge is 0.478 e. The molecular formula is C21H20ClN3O2S. The van der Waals surface area contributed by atoms with Crippen molar-refractivity contribution in [3.8, 4) is 11.6 Å². The summed E-state index contributed by atoms with van der Waals surface area (Å²) in [5, 5.41) is 5.26. The number of rotatable bonds is 6. The van der Waals surface area contributed by atoms with Gasteiger partial charge in [-0.15, -0.1) is 0 Å². The normalized spacial score (nSPS) is 11.4. The van der Waals surface area contributed by atoms with E-state index < -0.39 is 0 Å². The molecule has 7 heteroatoms. The van der Waals surface area contributed by atoms with Gasteiger partial charge in [-0.05, 0) is 36.2 Å². The Morgan fingerprint density at radius 3 is 2.64 bits per heavy atom. The summed E-state index contributed by atoms with van der Waals surface area (Å²) in [6, 6.07) is 18.8. The van der Waals surface area contributed by atoms with Crippen LogP contribution >= 0.6 is 23.4 Å². The molecule has 0 aliphatic rings. The van der Waals surface area contributed by atoms with Gasteiger partial charge < -0.3 is 4.74 Å². The maximum atomic E-state index is 12.2. The van der Waals surface area contributed by atoms with Crippen molar-refractivity contribution < 1.29 is 9.53 Å². The Bertz CT molecular complexity index is 989. The Balaban J connectivity index is 1.78. The summed E-state index contributed by atoms with van der Waals surface area (Å²) in [7, 11) is 0. The minimum Gasteiger partial charge on any atom is -0.478 e. The fourth-order valence-electron chi connectivity index (χ4n) is 2.40. The first kappa shape index (κ1) is 20.2. The van der Waals surface area contributed by atoms with E-state index in [1.54, 1.807) is 29.1 Å². The Morgan fingerprint density at radius 1 is 1.18 bits per heavy atom. The van der Waals surface area contributed by atoms with Gasteiger partial charge in [-0.3, -0.25) is 4.79 Å². The van der Waals surface area contributed by atoms with Crippen molar-refractivity contribution in [3.63, 3.8) is 0 Å². The lowest BCUT2D eigenvalue weighted by molar-refractivity contribution is 0.267. The van der Waals surface area contributed by atoms with E-state index in [-0.39, 0.29) is 5.24 Å². The van der Waals surface area contributed by atoms with Crippen molar-refractivity contribution in [1.82, 2.24) is 9.78 Å². The van der Waals surface area contributed by atoms with Gasteiger partial charge in [0.05, 0.1) is 23.8 Å². The molecule has 3 rings (SSSR count). The van der Waals surface area contributed by atoms with Gasteiger partial charge in [0.25, 0.3) is 0 Å². The molecule has 0 fully saturated rings. The van der Waals surface area contributed by atoms with E-state index in [4.69, 9.17) is 16.3 Å². The highest BCUT2D eigenvalue weighted by molar-refractivity contribution is 8.12. The van der Waals surface area contributed by atoms with Crippen molar-refractivity contribution >= 4 is 28.6 Å². The molecule has 3 aromatic rings. The zero-order chi connectivity index (χ0) is 19.8. The monoisotopic (exact) mass is 413 g/mol. The van der Waals surface area contributed by atoms with E-state index in [9.17, 15) is 4.79 Å². The number of nitrogens with zero attached hydrogens (tertiary/aromatic N) is 3. The molecule has 0 saturated heterocycles. The number of hydrogen-bond donors (Lipinski definition) is 0. The lowest BCUT2D eigenvalue weighted by atomic mass is 10.2. The molecule has 0 aliphatic carbocycles. The summed E-state index contributed by atoms with van der Waals surface area (Å²) in [4.78, 5) is 16.4. The summed E-state index contributed by atoms with van der Waals surface area (Å²) in [5.74, 6) is 1.08. The van der Waals surface area contributed by atoms with Gasteiger partial charge in [-0.2, -0.15) is 5.10 Å². The van der Waals surface area contributed by atoms with E-state index >= 15 is 0 Å². The number of para-hydroxylation sites is 1. The van der Waals surface area contributed by atoms with Crippen LogP contribution in [0.3, 0.4) is 0 Å². The zero-order valence-electron chi connectivity index (χ0n) is 15.4. The van der Waals surface area contributed by atoms with Gasteiger partial charge in [-0.25, -0.2) is 9.67 Å². The van der Waals surface area contributed by atoms with Crippen LogP contribution in [-0.4, -0.2) is 21.6 Å². The number of ether oxygens (including phenoxy) is 1. The minimum absolute atomic E-state index is 0.282. The number of carbonyl (C=O) groups excluding carboxylic acids is 1. The van der Waals surface area contributed by atoms with Crippen LogP contribution in [0.5, 0.6) is 5.88 Å². The van der Waals surface area contributed by atoms with Crippen molar-refractivity contribution in [1.29, 1.82) is 0 Å². The van der Waals surface area contributed by atoms with Crippen LogP contribution in [-0.2, 0) is 5.75 Å². The minimum atomic E-state index is -0.282. The average molecular weight is 414 g/mol. The Kier molecular flexibility index (Phi) is 7.28. The van der Waals surface area contributed by atoms with E-state index in [0.29, 0.717) is 28.6 Å². The Hall–Kier alpha value is -2.57. The third-order valence-corrected chi connectivity index (χ3v) is 4.80. The highest BCUT2D eigenvalue weighted by Gasteiger charge is 2.07. The number of hydrogen-bond acceptors (Lipinski definition) is 4. The van der Waals surface area contributed by atoms with Crippen LogP contribution in [0, 0.1) is 0 Å². The Labute approximate surface area is 173 Å². The first-order valence-corrected chi connectivity index (χ1v) is 10.3. The molecular weight excluding hydrogens is 394 g/mol. The number of benzene rings is 2. The van der Waals surface area contributed by atoms with Crippen LogP contribution < -0.4 is 10.1 Å². The third-order valence-electron chi connectivity index (χ3n) is 3.74. The fraction of sp³-hybridized carbons (Fsp3) is 0.190. The second-order valence-electron chi connectivity index (χ2n) is 5.94. The molecule has 0 saturated carbocycles. The summed E-state index contributed by atoms with van der Waals surface area (Å²) in [5.41, 5.74) is 1.89. The maximum Gasteiger partial charge on any atom is 0.305 e. The van der Waals surface area contributed by atoms with Crippen LogP contribution in [0.1, 0.15) is 18.9 Å². The molecule has 0 bridgehead atoms. The zero-order valence-corrected chi connectivity index (χ0v) is 17.0. The van der Waals surface area contributed by atoms with Crippen LogP contribution in [0.2, 0.25) is 5.02 Å². The van der Waals surface area contributed by atoms with Gasteiger partial charge in [-0.1, -0.05) is 60.6 Å². The molecule has 0 spiro atoms. The molecule has 0 aliphatic heterocycles. The van der Waals surface area contributed by atoms with Crippen molar-refractivity contribution in [3.05, 3.63) is 82.8 Å². The maximum absolute atomic E-state index is 12.2.